The molecule has 0 saturated heterocycles. The first-order valence-electron chi connectivity index (χ1n) is 12.2. The highest BCUT2D eigenvalue weighted by Crippen LogP contribution is 2.59. The van der Waals surface area contributed by atoms with E-state index >= 15 is 0 Å². The molecule has 0 amide bonds. The third kappa shape index (κ3) is 4.76. The second kappa shape index (κ2) is 9.74. The number of benzene rings is 1. The SMILES string of the molecule is C=C(NCCC1=NC=C(C)C1)C12CCC(c3ccc(CC/C(=C/F)CN)cc3)(CC1)CC2. The lowest BCUT2D eigenvalue weighted by molar-refractivity contribution is 0.0646. The molecule has 0 atom stereocenters. The average Bonchev–Trinajstić information content (AvgIpc) is 3.26. The van der Waals surface area contributed by atoms with Crippen molar-refractivity contribution < 1.29 is 4.39 Å². The molecule has 0 spiro atoms. The lowest BCUT2D eigenvalue weighted by Gasteiger charge is -2.54. The molecule has 5 rings (SSSR count). The Labute approximate surface area is 192 Å². The Morgan fingerprint density at radius 2 is 1.81 bits per heavy atom. The van der Waals surface area contributed by atoms with Crippen LogP contribution in [0.2, 0.25) is 0 Å². The van der Waals surface area contributed by atoms with Gasteiger partial charge in [0.1, 0.15) is 0 Å². The second-order valence-electron chi connectivity index (χ2n) is 10.2. The molecule has 3 aliphatic carbocycles. The van der Waals surface area contributed by atoms with Gasteiger partial charge in [-0.05, 0) is 86.0 Å². The molecule has 3 fully saturated rings. The zero-order chi connectivity index (χ0) is 22.6. The van der Waals surface area contributed by atoms with Crippen molar-refractivity contribution in [1.82, 2.24) is 5.32 Å². The van der Waals surface area contributed by atoms with Gasteiger partial charge in [-0.25, -0.2) is 4.39 Å². The number of nitrogens with zero attached hydrogens (tertiary/aromatic N) is 1. The van der Waals surface area contributed by atoms with E-state index in [-0.39, 0.29) is 5.41 Å². The van der Waals surface area contributed by atoms with E-state index < -0.39 is 0 Å². The number of aliphatic imine (C=N–C) groups is 1. The third-order valence-electron chi connectivity index (χ3n) is 8.31. The van der Waals surface area contributed by atoms with Gasteiger partial charge in [0.2, 0.25) is 0 Å². The van der Waals surface area contributed by atoms with Crippen molar-refractivity contribution in [2.75, 3.05) is 13.1 Å². The zero-order valence-corrected chi connectivity index (χ0v) is 19.6. The van der Waals surface area contributed by atoms with Crippen LogP contribution in [0.15, 0.2) is 65.2 Å². The summed E-state index contributed by atoms with van der Waals surface area (Å²) in [6.07, 6.45) is 13.6. The monoisotopic (exact) mass is 435 g/mol. The summed E-state index contributed by atoms with van der Waals surface area (Å²) in [4.78, 5) is 4.51. The number of nitrogens with two attached hydrogens (primary N) is 1. The summed E-state index contributed by atoms with van der Waals surface area (Å²) in [6, 6.07) is 9.10. The summed E-state index contributed by atoms with van der Waals surface area (Å²) < 4.78 is 12.7. The Balaban J connectivity index is 1.30. The van der Waals surface area contributed by atoms with Crippen molar-refractivity contribution in [3.63, 3.8) is 0 Å². The Hall–Kier alpha value is -2.20. The number of hydrogen-bond acceptors (Lipinski definition) is 3. The van der Waals surface area contributed by atoms with E-state index in [4.69, 9.17) is 5.73 Å². The van der Waals surface area contributed by atoms with Crippen molar-refractivity contribution in [3.8, 4) is 0 Å². The Morgan fingerprint density at radius 3 is 2.38 bits per heavy atom. The normalized spacial score (nSPS) is 27.3. The standard InChI is InChI=1S/C28H38FN3/c1-21-17-26(32-20-21)9-16-31-22(2)27-10-13-28(14-11-27,15-12-27)25-7-5-23(6-8-25)3-4-24(18-29)19-30/h5-8,18,20,31H,2-4,9-17,19,30H2,1H3/b24-18-. The fourth-order valence-electron chi connectivity index (χ4n) is 5.92. The molecule has 2 bridgehead atoms. The summed E-state index contributed by atoms with van der Waals surface area (Å²) in [7, 11) is 0. The minimum Gasteiger partial charge on any atom is -0.388 e. The fraction of sp³-hybridized carbons (Fsp3) is 0.536. The first kappa shape index (κ1) is 23.0. The second-order valence-corrected chi connectivity index (χ2v) is 10.2. The average molecular weight is 436 g/mol. The van der Waals surface area contributed by atoms with Crippen LogP contribution in [0.25, 0.3) is 0 Å². The van der Waals surface area contributed by atoms with Crippen LogP contribution in [-0.4, -0.2) is 18.8 Å². The first-order valence-corrected chi connectivity index (χ1v) is 12.2. The molecule has 1 heterocycles. The van der Waals surface area contributed by atoms with Crippen molar-refractivity contribution in [2.24, 2.45) is 16.1 Å². The molecule has 0 aromatic heterocycles. The summed E-state index contributed by atoms with van der Waals surface area (Å²) in [5.74, 6) is 0. The fourth-order valence-corrected chi connectivity index (χ4v) is 5.92. The van der Waals surface area contributed by atoms with E-state index in [9.17, 15) is 4.39 Å². The van der Waals surface area contributed by atoms with Crippen LogP contribution >= 0.6 is 0 Å². The summed E-state index contributed by atoms with van der Waals surface area (Å²) in [6.45, 7) is 7.86. The van der Waals surface area contributed by atoms with Gasteiger partial charge >= 0.3 is 0 Å². The number of halogens is 1. The Kier molecular flexibility index (Phi) is 6.99. The molecule has 1 aromatic carbocycles. The molecule has 3 N–H and O–H groups in total. The molecular weight excluding hydrogens is 397 g/mol. The summed E-state index contributed by atoms with van der Waals surface area (Å²) >= 11 is 0. The van der Waals surface area contributed by atoms with Crippen molar-refractivity contribution >= 4 is 5.71 Å². The predicted molar refractivity (Wildman–Crippen MR) is 132 cm³/mol. The molecule has 1 aromatic rings. The van der Waals surface area contributed by atoms with Gasteiger partial charge in [0.05, 0.1) is 6.33 Å². The molecule has 32 heavy (non-hydrogen) atoms. The number of hydrogen-bond donors (Lipinski definition) is 2. The van der Waals surface area contributed by atoms with E-state index in [0.717, 1.165) is 25.8 Å². The molecule has 0 radical (unpaired) electrons. The topological polar surface area (TPSA) is 50.4 Å². The number of nitrogens with one attached hydrogen (secondary N) is 1. The van der Waals surface area contributed by atoms with Gasteiger partial charge in [0.25, 0.3) is 0 Å². The molecule has 3 nitrogen and oxygen atoms in total. The molecule has 0 unspecified atom stereocenters. The summed E-state index contributed by atoms with van der Waals surface area (Å²) in [5.41, 5.74) is 13.5. The number of allylic oxidation sites excluding steroid dienone is 2. The lowest BCUT2D eigenvalue weighted by atomic mass is 9.51. The van der Waals surface area contributed by atoms with Crippen LogP contribution in [0.5, 0.6) is 0 Å². The first-order chi connectivity index (χ1) is 15.5. The minimum absolute atomic E-state index is 0.269. The van der Waals surface area contributed by atoms with Gasteiger partial charge in [0, 0.05) is 49.0 Å². The van der Waals surface area contributed by atoms with Crippen LogP contribution < -0.4 is 11.1 Å². The maximum absolute atomic E-state index is 12.7. The van der Waals surface area contributed by atoms with Gasteiger partial charge in [0.15, 0.2) is 0 Å². The molecule has 4 heteroatoms. The van der Waals surface area contributed by atoms with E-state index in [0.29, 0.717) is 30.3 Å². The van der Waals surface area contributed by atoms with E-state index in [1.807, 2.05) is 6.20 Å². The summed E-state index contributed by atoms with van der Waals surface area (Å²) in [5, 5.41) is 3.66. The number of fused-ring (bicyclic) bond motifs is 3. The minimum atomic E-state index is 0.269. The van der Waals surface area contributed by atoms with Gasteiger partial charge in [-0.2, -0.15) is 0 Å². The van der Waals surface area contributed by atoms with Gasteiger partial charge < -0.3 is 11.1 Å². The van der Waals surface area contributed by atoms with Gasteiger partial charge in [-0.3, -0.25) is 4.99 Å². The lowest BCUT2D eigenvalue weighted by Crippen LogP contribution is -2.47. The molecular formula is C28H38FN3. The van der Waals surface area contributed by atoms with Crippen LogP contribution in [-0.2, 0) is 11.8 Å². The zero-order valence-electron chi connectivity index (χ0n) is 19.6. The molecule has 4 aliphatic rings. The van der Waals surface area contributed by atoms with Crippen LogP contribution in [0, 0.1) is 5.41 Å². The maximum atomic E-state index is 12.7. The molecule has 172 valence electrons. The molecule has 3 saturated carbocycles. The van der Waals surface area contributed by atoms with Crippen LogP contribution in [0.3, 0.4) is 0 Å². The number of rotatable bonds is 10. The highest BCUT2D eigenvalue weighted by Gasteiger charge is 2.50. The van der Waals surface area contributed by atoms with Crippen LogP contribution in [0.4, 0.5) is 4.39 Å². The molecule has 1 aliphatic heterocycles. The van der Waals surface area contributed by atoms with Crippen molar-refractivity contribution in [3.05, 3.63) is 71.3 Å². The van der Waals surface area contributed by atoms with Gasteiger partial charge in [-0.1, -0.05) is 30.8 Å². The number of aryl methyl sites for hydroxylation is 1. The third-order valence-corrected chi connectivity index (χ3v) is 8.31. The van der Waals surface area contributed by atoms with E-state index in [1.165, 1.54) is 66.6 Å². The Morgan fingerprint density at radius 1 is 1.12 bits per heavy atom. The highest BCUT2D eigenvalue weighted by atomic mass is 19.1. The predicted octanol–water partition coefficient (Wildman–Crippen LogP) is 6.27. The largest absolute Gasteiger partial charge is 0.388 e. The van der Waals surface area contributed by atoms with E-state index in [2.05, 4.69) is 48.1 Å². The van der Waals surface area contributed by atoms with Gasteiger partial charge in [-0.15, -0.1) is 0 Å². The smallest absolute Gasteiger partial charge is 0.0871 e. The Bertz CT molecular complexity index is 898. The van der Waals surface area contributed by atoms with Crippen molar-refractivity contribution in [1.29, 1.82) is 0 Å². The maximum Gasteiger partial charge on any atom is 0.0871 e. The highest BCUT2D eigenvalue weighted by molar-refractivity contribution is 5.89. The van der Waals surface area contributed by atoms with Crippen LogP contribution in [0.1, 0.15) is 75.8 Å². The quantitative estimate of drug-likeness (QED) is 0.455. The van der Waals surface area contributed by atoms with E-state index in [1.54, 1.807) is 0 Å². The van der Waals surface area contributed by atoms with Crippen molar-refractivity contribution in [2.45, 2.75) is 76.5 Å².